The van der Waals surface area contributed by atoms with Crippen molar-refractivity contribution in [1.82, 2.24) is 9.80 Å². The summed E-state index contributed by atoms with van der Waals surface area (Å²) in [4.78, 5) is 8.08. The molecule has 2 saturated heterocycles. The van der Waals surface area contributed by atoms with Crippen molar-refractivity contribution in [1.29, 1.82) is 0 Å². The zero-order valence-corrected chi connectivity index (χ0v) is 34.8. The third-order valence-electron chi connectivity index (χ3n) is 12.4. The molecule has 55 heavy (non-hydrogen) atoms. The van der Waals surface area contributed by atoms with E-state index in [1.807, 2.05) is 0 Å². The van der Waals surface area contributed by atoms with Gasteiger partial charge in [-0.05, 0) is 137 Å². The molecule has 0 radical (unpaired) electrons. The lowest BCUT2D eigenvalue weighted by atomic mass is 9.99. The van der Waals surface area contributed by atoms with E-state index < -0.39 is 0 Å². The first-order valence-corrected chi connectivity index (χ1v) is 22.5. The van der Waals surface area contributed by atoms with E-state index in [9.17, 15) is 0 Å². The molecule has 4 aromatic carbocycles. The van der Waals surface area contributed by atoms with Gasteiger partial charge in [-0.3, -0.25) is 9.80 Å². The first-order chi connectivity index (χ1) is 27.1. The predicted octanol–water partition coefficient (Wildman–Crippen LogP) is 11.5. The molecule has 5 heteroatoms. The number of fused-ring (bicyclic) bond motifs is 2. The molecule has 4 aromatic rings. The minimum Gasteiger partial charge on any atom is -0.382 e. The van der Waals surface area contributed by atoms with Crippen LogP contribution in [0.4, 0.5) is 11.4 Å². The number of benzene rings is 4. The molecule has 4 nitrogen and oxygen atoms in total. The van der Waals surface area contributed by atoms with Crippen LogP contribution in [-0.2, 0) is 25.7 Å². The Labute approximate surface area is 339 Å². The molecular formula is C50H69ClN4. The summed E-state index contributed by atoms with van der Waals surface area (Å²) in [5.41, 5.74) is 8.72. The van der Waals surface area contributed by atoms with E-state index in [2.05, 4.69) is 143 Å². The molecule has 0 saturated carbocycles. The van der Waals surface area contributed by atoms with Gasteiger partial charge in [-0.25, -0.2) is 0 Å². The molecule has 0 bridgehead atoms. The van der Waals surface area contributed by atoms with Gasteiger partial charge in [0.1, 0.15) is 0 Å². The van der Waals surface area contributed by atoms with Gasteiger partial charge >= 0.3 is 0 Å². The molecule has 2 heterocycles. The molecule has 2 aliphatic carbocycles. The average Bonchev–Trinajstić information content (AvgIpc) is 3.87. The van der Waals surface area contributed by atoms with Crippen molar-refractivity contribution < 1.29 is 0 Å². The minimum absolute atomic E-state index is 0.555. The Bertz CT molecular complexity index is 1600. The average molecular weight is 762 g/mol. The molecule has 8 rings (SSSR count). The highest BCUT2D eigenvalue weighted by atomic mass is 35.5. The summed E-state index contributed by atoms with van der Waals surface area (Å²) >= 11 is 5.91. The van der Waals surface area contributed by atoms with E-state index in [1.54, 1.807) is 11.1 Å². The monoisotopic (exact) mass is 761 g/mol. The SMILES string of the molecule is CCCCN1CCCCC1CCl.CCCCN1CCCCC1CN(c1ccccc1)C1Cc2ccccc2C1.c1ccc(NC2Cc3ccccc3C2)cc1. The fraction of sp³-hybridized carbons (Fsp3) is 0.520. The van der Waals surface area contributed by atoms with Gasteiger partial charge < -0.3 is 10.2 Å². The van der Waals surface area contributed by atoms with Crippen LogP contribution in [0, 0.1) is 0 Å². The van der Waals surface area contributed by atoms with Crippen molar-refractivity contribution in [3.05, 3.63) is 131 Å². The number of piperidine rings is 2. The van der Waals surface area contributed by atoms with Crippen LogP contribution in [0.3, 0.4) is 0 Å². The maximum Gasteiger partial charge on any atom is 0.0379 e. The second kappa shape index (κ2) is 22.4. The van der Waals surface area contributed by atoms with Gasteiger partial charge in [0.15, 0.2) is 0 Å². The predicted molar refractivity (Wildman–Crippen MR) is 238 cm³/mol. The number of rotatable bonds is 13. The Morgan fingerprint density at radius 3 is 1.58 bits per heavy atom. The van der Waals surface area contributed by atoms with Gasteiger partial charge in [-0.1, -0.05) is 124 Å². The summed E-state index contributed by atoms with van der Waals surface area (Å²) in [6.45, 7) is 10.8. The van der Waals surface area contributed by atoms with Crippen LogP contribution in [0.5, 0.6) is 0 Å². The number of nitrogens with zero attached hydrogens (tertiary/aromatic N) is 3. The Balaban J connectivity index is 0.000000155. The number of para-hydroxylation sites is 2. The Morgan fingerprint density at radius 2 is 1.05 bits per heavy atom. The van der Waals surface area contributed by atoms with Gasteiger partial charge in [0.2, 0.25) is 0 Å². The van der Waals surface area contributed by atoms with Crippen molar-refractivity contribution in [3.8, 4) is 0 Å². The van der Waals surface area contributed by atoms with Crippen LogP contribution in [0.1, 0.15) is 100 Å². The number of unbranched alkanes of at least 4 members (excludes halogenated alkanes) is 2. The van der Waals surface area contributed by atoms with Crippen LogP contribution in [0.15, 0.2) is 109 Å². The topological polar surface area (TPSA) is 21.8 Å². The second-order valence-corrected chi connectivity index (χ2v) is 16.7. The van der Waals surface area contributed by atoms with Gasteiger partial charge in [0, 0.05) is 48.0 Å². The van der Waals surface area contributed by atoms with Gasteiger partial charge in [-0.2, -0.15) is 0 Å². The number of hydrogen-bond donors (Lipinski definition) is 1. The summed E-state index contributed by atoms with van der Waals surface area (Å²) in [5.74, 6) is 0.823. The maximum atomic E-state index is 5.91. The summed E-state index contributed by atoms with van der Waals surface area (Å²) in [6, 6.07) is 41.9. The summed E-state index contributed by atoms with van der Waals surface area (Å²) < 4.78 is 0. The fourth-order valence-electron chi connectivity index (χ4n) is 9.31. The molecule has 2 fully saturated rings. The van der Waals surface area contributed by atoms with E-state index >= 15 is 0 Å². The van der Waals surface area contributed by atoms with Crippen molar-refractivity contribution in [2.45, 2.75) is 128 Å². The zero-order valence-electron chi connectivity index (χ0n) is 34.1. The summed E-state index contributed by atoms with van der Waals surface area (Å²) in [6.07, 6.45) is 18.1. The fourth-order valence-corrected chi connectivity index (χ4v) is 9.66. The third-order valence-corrected chi connectivity index (χ3v) is 12.8. The molecule has 296 valence electrons. The Kier molecular flexibility index (Phi) is 16.9. The minimum atomic E-state index is 0.555. The molecule has 0 aromatic heterocycles. The molecule has 1 N–H and O–H groups in total. The first-order valence-electron chi connectivity index (χ1n) is 22.0. The lowest BCUT2D eigenvalue weighted by Gasteiger charge is -2.41. The Hall–Kier alpha value is -3.31. The van der Waals surface area contributed by atoms with Gasteiger partial charge in [-0.15, -0.1) is 11.6 Å². The molecule has 0 amide bonds. The van der Waals surface area contributed by atoms with E-state index in [0.717, 1.165) is 18.7 Å². The number of halogens is 1. The maximum absolute atomic E-state index is 5.91. The lowest BCUT2D eigenvalue weighted by Crippen LogP contribution is -2.50. The highest BCUT2D eigenvalue weighted by Crippen LogP contribution is 2.31. The quantitative estimate of drug-likeness (QED) is 0.137. The number of alkyl halides is 1. The smallest absolute Gasteiger partial charge is 0.0379 e. The van der Waals surface area contributed by atoms with Crippen molar-refractivity contribution >= 4 is 23.0 Å². The van der Waals surface area contributed by atoms with Crippen molar-refractivity contribution in [2.75, 3.05) is 48.8 Å². The largest absolute Gasteiger partial charge is 0.382 e. The van der Waals surface area contributed by atoms with Crippen LogP contribution >= 0.6 is 11.6 Å². The number of hydrogen-bond acceptors (Lipinski definition) is 4. The number of anilines is 2. The van der Waals surface area contributed by atoms with Gasteiger partial charge in [0.05, 0.1) is 0 Å². The van der Waals surface area contributed by atoms with Crippen LogP contribution in [0.25, 0.3) is 0 Å². The van der Waals surface area contributed by atoms with E-state index in [4.69, 9.17) is 11.6 Å². The standard InChI is InChI=1S/C25H34N2.C15H15N.C10H20ClN/c1-2-3-16-26-17-10-9-15-24(26)20-27(23-13-5-4-6-14-23)25-18-21-11-7-8-12-22(21)19-25;1-2-8-14(9-3-1)16-15-10-12-6-4-5-7-13(12)11-15;1-2-3-7-12-8-5-4-6-10(12)9-11/h4-8,11-14,24-25H,2-3,9-10,15-20H2,1H3;1-9,15-16H,10-11H2;10H,2-9H2,1H3. The zero-order chi connectivity index (χ0) is 38.1. The molecule has 0 spiro atoms. The Morgan fingerprint density at radius 1 is 0.582 bits per heavy atom. The lowest BCUT2D eigenvalue weighted by molar-refractivity contribution is 0.147. The first kappa shape index (κ1) is 41.3. The van der Waals surface area contributed by atoms with Gasteiger partial charge in [0.25, 0.3) is 0 Å². The van der Waals surface area contributed by atoms with Crippen molar-refractivity contribution in [2.24, 2.45) is 0 Å². The number of nitrogens with one attached hydrogen (secondary N) is 1. The van der Waals surface area contributed by atoms with E-state index in [1.165, 1.54) is 132 Å². The van der Waals surface area contributed by atoms with Crippen LogP contribution in [-0.4, -0.2) is 72.6 Å². The number of likely N-dealkylation sites (tertiary alicyclic amines) is 2. The molecule has 4 aliphatic rings. The highest BCUT2D eigenvalue weighted by Gasteiger charge is 2.31. The van der Waals surface area contributed by atoms with E-state index in [-0.39, 0.29) is 0 Å². The summed E-state index contributed by atoms with van der Waals surface area (Å²) in [5, 5.41) is 3.59. The normalized spacial score (nSPS) is 20.1. The summed E-state index contributed by atoms with van der Waals surface area (Å²) in [7, 11) is 0. The third kappa shape index (κ3) is 12.3. The van der Waals surface area contributed by atoms with Crippen LogP contribution in [0.2, 0.25) is 0 Å². The highest BCUT2D eigenvalue weighted by molar-refractivity contribution is 6.18. The molecular weight excluding hydrogens is 692 g/mol. The second-order valence-electron chi connectivity index (χ2n) is 16.4. The van der Waals surface area contributed by atoms with Crippen LogP contribution < -0.4 is 10.2 Å². The molecule has 2 aliphatic heterocycles. The van der Waals surface area contributed by atoms with Crippen molar-refractivity contribution in [3.63, 3.8) is 0 Å². The van der Waals surface area contributed by atoms with E-state index in [0.29, 0.717) is 24.2 Å². The molecule has 2 unspecified atom stereocenters. The molecule has 2 atom stereocenters.